The van der Waals surface area contributed by atoms with Crippen LogP contribution in [-0.2, 0) is 17.6 Å². The van der Waals surface area contributed by atoms with E-state index >= 15 is 0 Å². The summed E-state index contributed by atoms with van der Waals surface area (Å²) in [6, 6.07) is 12.5. The van der Waals surface area contributed by atoms with Crippen LogP contribution in [0.15, 0.2) is 36.4 Å². The number of methoxy groups -OCH3 is 1. The van der Waals surface area contributed by atoms with Gasteiger partial charge in [0.2, 0.25) is 5.91 Å². The van der Waals surface area contributed by atoms with E-state index in [1.54, 1.807) is 7.11 Å². The zero-order valence-corrected chi connectivity index (χ0v) is 14.7. The molecule has 1 aliphatic carbocycles. The second kappa shape index (κ2) is 7.08. The lowest BCUT2D eigenvalue weighted by Crippen LogP contribution is -2.32. The number of aryl methyl sites for hydroxylation is 3. The quantitative estimate of drug-likeness (QED) is 0.922. The summed E-state index contributed by atoms with van der Waals surface area (Å²) in [4.78, 5) is 12.5. The van der Waals surface area contributed by atoms with Crippen molar-refractivity contribution >= 4 is 5.91 Å². The number of carbonyl (C=O) groups is 1. The number of fused-ring (bicyclic) bond motifs is 1. The number of benzene rings is 2. The van der Waals surface area contributed by atoms with E-state index < -0.39 is 0 Å². The molecule has 0 saturated heterocycles. The number of amides is 1. The number of carbonyl (C=O) groups excluding carboxylic acids is 1. The maximum absolute atomic E-state index is 12.5. The van der Waals surface area contributed by atoms with Crippen LogP contribution in [0.3, 0.4) is 0 Å². The Kier molecular flexibility index (Phi) is 4.89. The second-order valence-corrected chi connectivity index (χ2v) is 6.68. The van der Waals surface area contributed by atoms with Gasteiger partial charge in [0, 0.05) is 0 Å². The minimum Gasteiger partial charge on any atom is -0.497 e. The third kappa shape index (κ3) is 3.61. The molecule has 0 unspecified atom stereocenters. The van der Waals surface area contributed by atoms with Gasteiger partial charge in [0.15, 0.2) is 0 Å². The molecule has 2 aromatic rings. The molecule has 3 heteroatoms. The fourth-order valence-electron chi connectivity index (χ4n) is 3.53. The first-order valence-corrected chi connectivity index (χ1v) is 8.59. The van der Waals surface area contributed by atoms with Gasteiger partial charge in [-0.3, -0.25) is 4.79 Å². The van der Waals surface area contributed by atoms with Crippen LogP contribution in [-0.4, -0.2) is 13.0 Å². The maximum atomic E-state index is 12.5. The molecule has 0 heterocycles. The van der Waals surface area contributed by atoms with Gasteiger partial charge in [-0.15, -0.1) is 0 Å². The molecule has 126 valence electrons. The molecule has 0 aromatic heterocycles. The maximum Gasteiger partial charge on any atom is 0.224 e. The highest BCUT2D eigenvalue weighted by atomic mass is 16.5. The molecule has 3 nitrogen and oxygen atoms in total. The molecule has 0 spiro atoms. The first-order valence-electron chi connectivity index (χ1n) is 8.59. The summed E-state index contributed by atoms with van der Waals surface area (Å²) in [6.07, 6.45) is 3.58. The van der Waals surface area contributed by atoms with Crippen molar-refractivity contribution in [2.75, 3.05) is 7.11 Å². The highest BCUT2D eigenvalue weighted by molar-refractivity contribution is 5.79. The molecule has 1 N–H and O–H groups in total. The Morgan fingerprint density at radius 1 is 1.21 bits per heavy atom. The van der Waals surface area contributed by atoms with Crippen LogP contribution in [0.1, 0.15) is 46.7 Å². The summed E-state index contributed by atoms with van der Waals surface area (Å²) in [6.45, 7) is 4.14. The minimum absolute atomic E-state index is 0.0932. The first-order chi connectivity index (χ1) is 11.6. The summed E-state index contributed by atoms with van der Waals surface area (Å²) in [5, 5.41) is 3.22. The van der Waals surface area contributed by atoms with Crippen molar-refractivity contribution in [1.29, 1.82) is 0 Å². The third-order valence-corrected chi connectivity index (χ3v) is 4.85. The van der Waals surface area contributed by atoms with Gasteiger partial charge in [-0.1, -0.05) is 29.8 Å². The monoisotopic (exact) mass is 323 g/mol. The van der Waals surface area contributed by atoms with Crippen LogP contribution < -0.4 is 10.1 Å². The van der Waals surface area contributed by atoms with Gasteiger partial charge >= 0.3 is 0 Å². The van der Waals surface area contributed by atoms with E-state index in [0.717, 1.165) is 30.6 Å². The van der Waals surface area contributed by atoms with Gasteiger partial charge in [-0.2, -0.15) is 0 Å². The predicted molar refractivity (Wildman–Crippen MR) is 96.4 cm³/mol. The second-order valence-electron chi connectivity index (χ2n) is 6.68. The van der Waals surface area contributed by atoms with Crippen LogP contribution in [0.2, 0.25) is 0 Å². The highest BCUT2D eigenvalue weighted by Crippen LogP contribution is 2.32. The van der Waals surface area contributed by atoms with Crippen molar-refractivity contribution in [3.05, 3.63) is 64.2 Å². The molecule has 1 amide bonds. The molecule has 0 aliphatic heterocycles. The normalized spacial score (nSPS) is 16.4. The Balaban J connectivity index is 1.71. The molecule has 0 fully saturated rings. The highest BCUT2D eigenvalue weighted by Gasteiger charge is 2.22. The van der Waals surface area contributed by atoms with Gasteiger partial charge in [-0.25, -0.2) is 0 Å². The molecule has 3 rings (SSSR count). The van der Waals surface area contributed by atoms with Crippen LogP contribution in [0.5, 0.6) is 5.75 Å². The number of rotatable bonds is 4. The summed E-state index contributed by atoms with van der Waals surface area (Å²) in [7, 11) is 1.69. The van der Waals surface area contributed by atoms with E-state index in [0.29, 0.717) is 6.42 Å². The fourth-order valence-corrected chi connectivity index (χ4v) is 3.53. The lowest BCUT2D eigenvalue weighted by atomic mass is 9.87. The van der Waals surface area contributed by atoms with E-state index in [2.05, 4.69) is 49.5 Å². The smallest absolute Gasteiger partial charge is 0.224 e. The third-order valence-electron chi connectivity index (χ3n) is 4.85. The first kappa shape index (κ1) is 16.6. The van der Waals surface area contributed by atoms with Gasteiger partial charge in [0.25, 0.3) is 0 Å². The molecule has 1 aliphatic rings. The average molecular weight is 323 g/mol. The summed E-state index contributed by atoms with van der Waals surface area (Å²) >= 11 is 0. The van der Waals surface area contributed by atoms with Crippen molar-refractivity contribution < 1.29 is 9.53 Å². The lowest BCUT2D eigenvalue weighted by Gasteiger charge is -2.27. The molecule has 24 heavy (non-hydrogen) atoms. The Hall–Kier alpha value is -2.29. The van der Waals surface area contributed by atoms with E-state index in [9.17, 15) is 4.79 Å². The van der Waals surface area contributed by atoms with Crippen LogP contribution in [0, 0.1) is 13.8 Å². The van der Waals surface area contributed by atoms with Crippen molar-refractivity contribution in [3.8, 4) is 5.75 Å². The summed E-state index contributed by atoms with van der Waals surface area (Å²) in [5.41, 5.74) is 6.03. The molecule has 0 bridgehead atoms. The van der Waals surface area contributed by atoms with Crippen LogP contribution in [0.25, 0.3) is 0 Å². The molecular weight excluding hydrogens is 298 g/mol. The van der Waals surface area contributed by atoms with Gasteiger partial charge in [-0.05, 0) is 67.5 Å². The van der Waals surface area contributed by atoms with Gasteiger partial charge in [0.1, 0.15) is 5.75 Å². The van der Waals surface area contributed by atoms with Crippen molar-refractivity contribution in [3.63, 3.8) is 0 Å². The van der Waals surface area contributed by atoms with E-state index in [4.69, 9.17) is 4.74 Å². The zero-order valence-electron chi connectivity index (χ0n) is 14.7. The Morgan fingerprint density at radius 2 is 2.04 bits per heavy atom. The zero-order chi connectivity index (χ0) is 17.1. The average Bonchev–Trinajstić information content (AvgIpc) is 2.57. The Bertz CT molecular complexity index is 751. The number of hydrogen-bond donors (Lipinski definition) is 1. The Labute approximate surface area is 144 Å². The Morgan fingerprint density at radius 3 is 2.79 bits per heavy atom. The van der Waals surface area contributed by atoms with E-state index in [-0.39, 0.29) is 11.9 Å². The van der Waals surface area contributed by atoms with Crippen molar-refractivity contribution in [2.45, 2.75) is 45.6 Å². The molecule has 0 radical (unpaired) electrons. The molecule has 0 saturated carbocycles. The molecule has 1 atom stereocenters. The van der Waals surface area contributed by atoms with E-state index in [1.807, 2.05) is 6.07 Å². The number of hydrogen-bond acceptors (Lipinski definition) is 2. The standard InChI is InChI=1S/C21H25NO2/c1-14-7-8-16(15(2)11-14)13-21(23)22-20-6-4-5-17-12-18(24-3)9-10-19(17)20/h7-12,20H,4-6,13H2,1-3H3,(H,22,23)/t20-/m0/s1. The van der Waals surface area contributed by atoms with Crippen LogP contribution >= 0.6 is 0 Å². The molecule has 2 aromatic carbocycles. The van der Waals surface area contributed by atoms with Gasteiger partial charge < -0.3 is 10.1 Å². The largest absolute Gasteiger partial charge is 0.497 e. The number of nitrogens with one attached hydrogen (secondary N) is 1. The van der Waals surface area contributed by atoms with Gasteiger partial charge in [0.05, 0.1) is 19.6 Å². The van der Waals surface area contributed by atoms with E-state index in [1.165, 1.54) is 22.3 Å². The SMILES string of the molecule is COc1ccc2c(c1)CCC[C@@H]2NC(=O)Cc1ccc(C)cc1C. The summed E-state index contributed by atoms with van der Waals surface area (Å²) < 4.78 is 5.31. The predicted octanol–water partition coefficient (Wildman–Crippen LogP) is 4.05. The topological polar surface area (TPSA) is 38.3 Å². The van der Waals surface area contributed by atoms with Crippen molar-refractivity contribution in [1.82, 2.24) is 5.32 Å². The fraction of sp³-hybridized carbons (Fsp3) is 0.381. The molecular formula is C21H25NO2. The lowest BCUT2D eigenvalue weighted by molar-refractivity contribution is -0.121. The van der Waals surface area contributed by atoms with Crippen molar-refractivity contribution in [2.24, 2.45) is 0 Å². The summed E-state index contributed by atoms with van der Waals surface area (Å²) in [5.74, 6) is 0.978. The number of ether oxygens (including phenoxy) is 1. The van der Waals surface area contributed by atoms with Crippen LogP contribution in [0.4, 0.5) is 0 Å². The minimum atomic E-state index is 0.0932.